The van der Waals surface area contributed by atoms with Crippen LogP contribution < -0.4 is 0 Å². The smallest absolute Gasteiger partial charge is 0.306 e. The number of carbonyl (C=O) groups is 2. The molecule has 2 atom stereocenters. The maximum atomic E-state index is 11.7. The van der Waals surface area contributed by atoms with Crippen LogP contribution in [0.3, 0.4) is 0 Å². The molecule has 0 N–H and O–H groups in total. The lowest BCUT2D eigenvalue weighted by Crippen LogP contribution is -2.18. The number of hydrogen-bond acceptors (Lipinski definition) is 4. The highest BCUT2D eigenvalue weighted by Crippen LogP contribution is 2.11. The number of unbranched alkanes of at least 4 members (excludes halogenated alkanes) is 6. The predicted molar refractivity (Wildman–Crippen MR) is 97.9 cm³/mol. The van der Waals surface area contributed by atoms with Gasteiger partial charge in [0.05, 0.1) is 25.0 Å². The van der Waals surface area contributed by atoms with E-state index in [4.69, 9.17) is 9.47 Å². The first-order valence-corrected chi connectivity index (χ1v) is 9.88. The Labute approximate surface area is 148 Å². The summed E-state index contributed by atoms with van der Waals surface area (Å²) in [6.07, 6.45) is 11.3. The number of hydrogen-bond donors (Lipinski definition) is 0. The van der Waals surface area contributed by atoms with Crippen LogP contribution in [0.25, 0.3) is 0 Å². The van der Waals surface area contributed by atoms with Crippen molar-refractivity contribution in [3.63, 3.8) is 0 Å². The molecule has 0 aliphatic carbocycles. The lowest BCUT2D eigenvalue weighted by Gasteiger charge is -2.14. The van der Waals surface area contributed by atoms with E-state index in [2.05, 4.69) is 13.8 Å². The zero-order chi connectivity index (χ0) is 18.2. The largest absolute Gasteiger partial charge is 0.463 e. The summed E-state index contributed by atoms with van der Waals surface area (Å²) in [4.78, 5) is 23.5. The lowest BCUT2D eigenvalue weighted by atomic mass is 10.1. The summed E-state index contributed by atoms with van der Waals surface area (Å²) in [5.41, 5.74) is 0. The van der Waals surface area contributed by atoms with Gasteiger partial charge in [-0.1, -0.05) is 52.4 Å². The van der Waals surface area contributed by atoms with Crippen molar-refractivity contribution in [1.29, 1.82) is 0 Å². The third kappa shape index (κ3) is 14.5. The Kier molecular flexibility index (Phi) is 14.8. The van der Waals surface area contributed by atoms with Crippen LogP contribution in [0.5, 0.6) is 0 Å². The maximum absolute atomic E-state index is 11.7. The first kappa shape index (κ1) is 22.9. The fraction of sp³-hybridized carbons (Fsp3) is 0.900. The molecule has 24 heavy (non-hydrogen) atoms. The molecular formula is C20H38O4. The number of carbonyl (C=O) groups excluding carboxylic acids is 2. The zero-order valence-electron chi connectivity index (χ0n) is 16.3. The molecule has 0 fully saturated rings. The Morgan fingerprint density at radius 2 is 1.04 bits per heavy atom. The van der Waals surface area contributed by atoms with Crippen LogP contribution in [0, 0.1) is 0 Å². The maximum Gasteiger partial charge on any atom is 0.306 e. The summed E-state index contributed by atoms with van der Waals surface area (Å²) in [7, 11) is 0. The molecule has 0 saturated carbocycles. The van der Waals surface area contributed by atoms with Crippen molar-refractivity contribution in [3.8, 4) is 0 Å². The molecule has 0 spiro atoms. The number of esters is 2. The van der Waals surface area contributed by atoms with Crippen molar-refractivity contribution < 1.29 is 19.1 Å². The van der Waals surface area contributed by atoms with Gasteiger partial charge in [-0.05, 0) is 39.5 Å². The van der Waals surface area contributed by atoms with Gasteiger partial charge in [-0.25, -0.2) is 0 Å². The van der Waals surface area contributed by atoms with Gasteiger partial charge in [0.15, 0.2) is 0 Å². The third-order valence-electron chi connectivity index (χ3n) is 4.13. The molecule has 0 radical (unpaired) electrons. The second-order valence-corrected chi connectivity index (χ2v) is 6.80. The van der Waals surface area contributed by atoms with E-state index in [0.717, 1.165) is 25.7 Å². The van der Waals surface area contributed by atoms with Crippen LogP contribution in [0.4, 0.5) is 0 Å². The van der Waals surface area contributed by atoms with Crippen LogP contribution in [-0.4, -0.2) is 24.1 Å². The summed E-state index contributed by atoms with van der Waals surface area (Å²) >= 11 is 0. The average molecular weight is 343 g/mol. The van der Waals surface area contributed by atoms with Crippen molar-refractivity contribution in [1.82, 2.24) is 0 Å². The van der Waals surface area contributed by atoms with Gasteiger partial charge in [0.2, 0.25) is 0 Å². The standard InChI is InChI=1S/C20H38O4/c1-5-7-9-11-13-17(3)23-19(21)15-16-20(22)24-18(4)14-12-10-8-6-2/h17-18H,5-16H2,1-4H3/t17-,18-/m1/s1. The highest BCUT2D eigenvalue weighted by atomic mass is 16.5. The zero-order valence-corrected chi connectivity index (χ0v) is 16.3. The molecule has 0 bridgehead atoms. The number of ether oxygens (including phenoxy) is 2. The Morgan fingerprint density at radius 3 is 1.38 bits per heavy atom. The second-order valence-electron chi connectivity index (χ2n) is 6.80. The van der Waals surface area contributed by atoms with Gasteiger partial charge in [-0.15, -0.1) is 0 Å². The third-order valence-corrected chi connectivity index (χ3v) is 4.13. The van der Waals surface area contributed by atoms with E-state index in [1.165, 1.54) is 38.5 Å². The molecule has 0 heterocycles. The van der Waals surface area contributed by atoms with E-state index >= 15 is 0 Å². The van der Waals surface area contributed by atoms with Gasteiger partial charge < -0.3 is 9.47 Å². The minimum Gasteiger partial charge on any atom is -0.463 e. The van der Waals surface area contributed by atoms with E-state index in [0.29, 0.717) is 0 Å². The second kappa shape index (κ2) is 15.5. The molecule has 4 nitrogen and oxygen atoms in total. The summed E-state index contributed by atoms with van der Waals surface area (Å²) in [5.74, 6) is -0.601. The number of rotatable bonds is 15. The SMILES string of the molecule is CCCCCC[C@@H](C)OC(=O)CCC(=O)O[C@H](C)CCCCCC. The van der Waals surface area contributed by atoms with Crippen molar-refractivity contribution in [3.05, 3.63) is 0 Å². The Morgan fingerprint density at radius 1 is 0.667 bits per heavy atom. The first-order chi connectivity index (χ1) is 11.5. The van der Waals surface area contributed by atoms with E-state index < -0.39 is 0 Å². The normalized spacial score (nSPS) is 13.3. The van der Waals surface area contributed by atoms with Gasteiger partial charge in [-0.3, -0.25) is 9.59 Å². The molecule has 0 aliphatic heterocycles. The Bertz CT molecular complexity index is 296. The van der Waals surface area contributed by atoms with Gasteiger partial charge in [0.25, 0.3) is 0 Å². The molecular weight excluding hydrogens is 304 g/mol. The summed E-state index contributed by atoms with van der Waals surface area (Å²) < 4.78 is 10.7. The summed E-state index contributed by atoms with van der Waals surface area (Å²) in [6, 6.07) is 0. The van der Waals surface area contributed by atoms with Crippen molar-refractivity contribution >= 4 is 11.9 Å². The lowest BCUT2D eigenvalue weighted by molar-refractivity contribution is -0.155. The highest BCUT2D eigenvalue weighted by molar-refractivity contribution is 5.77. The molecule has 0 aliphatic rings. The fourth-order valence-corrected chi connectivity index (χ4v) is 2.61. The van der Waals surface area contributed by atoms with Crippen LogP contribution in [0.1, 0.15) is 105 Å². The average Bonchev–Trinajstić information content (AvgIpc) is 2.54. The van der Waals surface area contributed by atoms with Crippen molar-refractivity contribution in [2.24, 2.45) is 0 Å². The van der Waals surface area contributed by atoms with Gasteiger partial charge >= 0.3 is 11.9 Å². The minimum absolute atomic E-state index is 0.0668. The van der Waals surface area contributed by atoms with Crippen LogP contribution in [0.15, 0.2) is 0 Å². The molecule has 4 heteroatoms. The van der Waals surface area contributed by atoms with E-state index in [9.17, 15) is 9.59 Å². The summed E-state index contributed by atoms with van der Waals surface area (Å²) in [5, 5.41) is 0. The molecule has 0 aromatic carbocycles. The quantitative estimate of drug-likeness (QED) is 0.288. The molecule has 0 aromatic heterocycles. The van der Waals surface area contributed by atoms with Crippen LogP contribution >= 0.6 is 0 Å². The first-order valence-electron chi connectivity index (χ1n) is 9.88. The molecule has 142 valence electrons. The topological polar surface area (TPSA) is 52.6 Å². The molecule has 0 rings (SSSR count). The van der Waals surface area contributed by atoms with E-state index in [1.807, 2.05) is 13.8 Å². The molecule has 0 unspecified atom stereocenters. The van der Waals surface area contributed by atoms with Crippen molar-refractivity contribution in [2.45, 2.75) is 117 Å². The molecule has 0 aromatic rings. The van der Waals surface area contributed by atoms with Crippen molar-refractivity contribution in [2.75, 3.05) is 0 Å². The van der Waals surface area contributed by atoms with Gasteiger partial charge in [0.1, 0.15) is 0 Å². The monoisotopic (exact) mass is 342 g/mol. The highest BCUT2D eigenvalue weighted by Gasteiger charge is 2.14. The Balaban J connectivity index is 3.71. The Hall–Kier alpha value is -1.06. The minimum atomic E-state index is -0.300. The van der Waals surface area contributed by atoms with Crippen LogP contribution in [0.2, 0.25) is 0 Å². The summed E-state index contributed by atoms with van der Waals surface area (Å²) in [6.45, 7) is 8.18. The predicted octanol–water partition coefficient (Wildman–Crippen LogP) is 5.57. The van der Waals surface area contributed by atoms with E-state index in [-0.39, 0.29) is 37.0 Å². The fourth-order valence-electron chi connectivity index (χ4n) is 2.61. The van der Waals surface area contributed by atoms with E-state index in [1.54, 1.807) is 0 Å². The van der Waals surface area contributed by atoms with Crippen LogP contribution in [-0.2, 0) is 19.1 Å². The molecule has 0 saturated heterocycles. The molecule has 0 amide bonds. The van der Waals surface area contributed by atoms with Gasteiger partial charge in [0, 0.05) is 0 Å². The van der Waals surface area contributed by atoms with Gasteiger partial charge in [-0.2, -0.15) is 0 Å².